The number of carbonyl (C=O) groups excluding carboxylic acids is 3. The highest BCUT2D eigenvalue weighted by molar-refractivity contribution is 5.71. The van der Waals surface area contributed by atoms with Crippen molar-refractivity contribution in [3.8, 4) is 0 Å². The molecule has 0 radical (unpaired) electrons. The van der Waals surface area contributed by atoms with Crippen LogP contribution in [0.3, 0.4) is 0 Å². The number of ether oxygens (including phenoxy) is 3. The molecule has 0 aliphatic carbocycles. The van der Waals surface area contributed by atoms with Crippen molar-refractivity contribution in [2.75, 3.05) is 13.2 Å². The number of allylic oxidation sites excluding steroid dienone is 2. The van der Waals surface area contributed by atoms with Gasteiger partial charge in [-0.1, -0.05) is 380 Å². The second-order valence-corrected chi connectivity index (χ2v) is 25.6. The molecule has 0 amide bonds. The van der Waals surface area contributed by atoms with Gasteiger partial charge >= 0.3 is 17.9 Å². The van der Waals surface area contributed by atoms with Crippen molar-refractivity contribution < 1.29 is 28.6 Å². The summed E-state index contributed by atoms with van der Waals surface area (Å²) in [5.74, 6) is -0.845. The molecular formula is C75H144O6. The van der Waals surface area contributed by atoms with Gasteiger partial charge < -0.3 is 14.2 Å². The second kappa shape index (κ2) is 70.6. The lowest BCUT2D eigenvalue weighted by atomic mass is 10.0. The first kappa shape index (κ1) is 79.2. The Morgan fingerprint density at radius 1 is 0.235 bits per heavy atom. The quantitative estimate of drug-likeness (QED) is 0.0261. The molecule has 0 N–H and O–H groups in total. The van der Waals surface area contributed by atoms with Crippen LogP contribution in [-0.2, 0) is 28.6 Å². The molecule has 6 nitrogen and oxygen atoms in total. The van der Waals surface area contributed by atoms with Crippen LogP contribution in [0.4, 0.5) is 0 Å². The van der Waals surface area contributed by atoms with Gasteiger partial charge in [0.2, 0.25) is 0 Å². The monoisotopic (exact) mass is 1140 g/mol. The van der Waals surface area contributed by atoms with Crippen LogP contribution in [0, 0.1) is 0 Å². The standard InChI is InChI=1S/C75H144O6/c1-4-7-10-13-15-17-19-21-23-25-27-29-31-33-35-37-39-41-43-45-47-49-51-53-55-57-59-62-65-68-74(77)80-71-72(70-79-73(76)67-64-61-12-9-6-3)81-75(78)69-66-63-60-58-56-54-52-50-48-46-44-42-40-38-36-34-32-30-28-26-24-22-20-18-16-14-11-8-5-2/h25,27,72H,4-24,26,28-71H2,1-3H3/b27-25-. The number of esters is 3. The smallest absolute Gasteiger partial charge is 0.306 e. The fourth-order valence-corrected chi connectivity index (χ4v) is 11.7. The molecule has 0 saturated carbocycles. The molecule has 1 unspecified atom stereocenters. The van der Waals surface area contributed by atoms with E-state index >= 15 is 0 Å². The molecular weight excluding hydrogens is 997 g/mol. The zero-order chi connectivity index (χ0) is 58.5. The molecule has 0 aromatic heterocycles. The summed E-state index contributed by atoms with van der Waals surface area (Å²) < 4.78 is 16.8. The van der Waals surface area contributed by atoms with Gasteiger partial charge in [0.05, 0.1) is 0 Å². The highest BCUT2D eigenvalue weighted by atomic mass is 16.6. The van der Waals surface area contributed by atoms with E-state index in [1.54, 1.807) is 0 Å². The molecule has 0 aromatic rings. The summed E-state index contributed by atoms with van der Waals surface area (Å²) in [4.78, 5) is 38.1. The first-order valence-corrected chi connectivity index (χ1v) is 37.2. The molecule has 0 heterocycles. The molecule has 0 aromatic carbocycles. The van der Waals surface area contributed by atoms with Crippen LogP contribution in [0.1, 0.15) is 432 Å². The van der Waals surface area contributed by atoms with E-state index in [4.69, 9.17) is 14.2 Å². The van der Waals surface area contributed by atoms with Crippen molar-refractivity contribution in [3.05, 3.63) is 12.2 Å². The van der Waals surface area contributed by atoms with Crippen molar-refractivity contribution in [2.24, 2.45) is 0 Å². The van der Waals surface area contributed by atoms with E-state index in [0.29, 0.717) is 19.3 Å². The van der Waals surface area contributed by atoms with Crippen LogP contribution >= 0.6 is 0 Å². The molecule has 0 bridgehead atoms. The van der Waals surface area contributed by atoms with Crippen molar-refractivity contribution >= 4 is 17.9 Å². The van der Waals surface area contributed by atoms with E-state index in [-0.39, 0.29) is 31.1 Å². The van der Waals surface area contributed by atoms with Crippen LogP contribution in [0.2, 0.25) is 0 Å². The maximum Gasteiger partial charge on any atom is 0.306 e. The average molecular weight is 1140 g/mol. The fourth-order valence-electron chi connectivity index (χ4n) is 11.7. The lowest BCUT2D eigenvalue weighted by Crippen LogP contribution is -2.30. The van der Waals surface area contributed by atoms with Crippen LogP contribution in [0.25, 0.3) is 0 Å². The number of hydrogen-bond acceptors (Lipinski definition) is 6. The third-order valence-corrected chi connectivity index (χ3v) is 17.3. The van der Waals surface area contributed by atoms with Crippen LogP contribution < -0.4 is 0 Å². The minimum Gasteiger partial charge on any atom is -0.462 e. The Balaban J connectivity index is 3.88. The molecule has 0 fully saturated rings. The number of unbranched alkanes of at least 4 members (excludes halogenated alkanes) is 57. The fraction of sp³-hybridized carbons (Fsp3) is 0.933. The summed E-state index contributed by atoms with van der Waals surface area (Å²) in [6, 6.07) is 0. The summed E-state index contributed by atoms with van der Waals surface area (Å²) in [5, 5.41) is 0. The molecule has 1 atom stereocenters. The van der Waals surface area contributed by atoms with Gasteiger partial charge in [-0.2, -0.15) is 0 Å². The lowest BCUT2D eigenvalue weighted by molar-refractivity contribution is -0.167. The van der Waals surface area contributed by atoms with Gasteiger partial charge in [0, 0.05) is 19.3 Å². The minimum atomic E-state index is -0.763. The maximum atomic E-state index is 12.9. The van der Waals surface area contributed by atoms with Gasteiger partial charge in [-0.05, 0) is 44.9 Å². The average Bonchev–Trinajstić information content (AvgIpc) is 3.47. The normalized spacial score (nSPS) is 12.0. The second-order valence-electron chi connectivity index (χ2n) is 25.6. The Morgan fingerprint density at radius 2 is 0.407 bits per heavy atom. The van der Waals surface area contributed by atoms with Gasteiger partial charge in [0.1, 0.15) is 13.2 Å². The summed E-state index contributed by atoms with van der Waals surface area (Å²) in [5.41, 5.74) is 0. The first-order chi connectivity index (χ1) is 40.0. The van der Waals surface area contributed by atoms with E-state index in [9.17, 15) is 14.4 Å². The number of carbonyl (C=O) groups is 3. The molecule has 0 rings (SSSR count). The first-order valence-electron chi connectivity index (χ1n) is 37.2. The molecule has 0 spiro atoms. The predicted octanol–water partition coefficient (Wildman–Crippen LogP) is 25.6. The van der Waals surface area contributed by atoms with E-state index in [2.05, 4.69) is 32.9 Å². The summed E-state index contributed by atoms with van der Waals surface area (Å²) in [6.45, 7) is 6.65. The van der Waals surface area contributed by atoms with E-state index < -0.39 is 6.10 Å². The molecule has 0 aliphatic heterocycles. The van der Waals surface area contributed by atoms with Gasteiger partial charge in [-0.15, -0.1) is 0 Å². The predicted molar refractivity (Wildman–Crippen MR) is 353 cm³/mol. The molecule has 480 valence electrons. The van der Waals surface area contributed by atoms with Crippen LogP contribution in [0.15, 0.2) is 12.2 Å². The molecule has 6 heteroatoms. The zero-order valence-electron chi connectivity index (χ0n) is 55.4. The highest BCUT2D eigenvalue weighted by Gasteiger charge is 2.20. The lowest BCUT2D eigenvalue weighted by Gasteiger charge is -2.18. The van der Waals surface area contributed by atoms with Gasteiger partial charge in [0.25, 0.3) is 0 Å². The maximum absolute atomic E-state index is 12.9. The Labute approximate surface area is 507 Å². The zero-order valence-corrected chi connectivity index (χ0v) is 55.4. The Morgan fingerprint density at radius 3 is 0.617 bits per heavy atom. The van der Waals surface area contributed by atoms with Crippen LogP contribution in [0.5, 0.6) is 0 Å². The molecule has 0 saturated heterocycles. The van der Waals surface area contributed by atoms with E-state index in [0.717, 1.165) is 64.2 Å². The summed E-state index contributed by atoms with van der Waals surface area (Å²) >= 11 is 0. The highest BCUT2D eigenvalue weighted by Crippen LogP contribution is 2.20. The van der Waals surface area contributed by atoms with Gasteiger partial charge in [-0.3, -0.25) is 14.4 Å². The summed E-state index contributed by atoms with van der Waals surface area (Å²) in [7, 11) is 0. The Bertz CT molecular complexity index is 1260. The Hall–Kier alpha value is -1.85. The minimum absolute atomic E-state index is 0.0638. The van der Waals surface area contributed by atoms with Gasteiger partial charge in [-0.25, -0.2) is 0 Å². The van der Waals surface area contributed by atoms with Crippen molar-refractivity contribution in [1.29, 1.82) is 0 Å². The topological polar surface area (TPSA) is 78.9 Å². The third kappa shape index (κ3) is 68.8. The Kier molecular flexibility index (Phi) is 69.0. The SMILES string of the molecule is CCCCCCCCCC/C=C\CCCCCCCCCCCCCCCCCCCC(=O)OCC(COC(=O)CCCCCCC)OC(=O)CCCCCCCCCCCCCCCCCCCCCCCCCCCCCCC. The van der Waals surface area contributed by atoms with Crippen LogP contribution in [-0.4, -0.2) is 37.2 Å². The largest absolute Gasteiger partial charge is 0.462 e. The molecule has 81 heavy (non-hydrogen) atoms. The van der Waals surface area contributed by atoms with E-state index in [1.165, 1.54) is 327 Å². The number of hydrogen-bond donors (Lipinski definition) is 0. The van der Waals surface area contributed by atoms with Gasteiger partial charge in [0.15, 0.2) is 6.10 Å². The summed E-state index contributed by atoms with van der Waals surface area (Å²) in [6.07, 6.45) is 86.1. The molecule has 0 aliphatic rings. The van der Waals surface area contributed by atoms with E-state index in [1.807, 2.05) is 0 Å². The van der Waals surface area contributed by atoms with Crippen molar-refractivity contribution in [3.63, 3.8) is 0 Å². The third-order valence-electron chi connectivity index (χ3n) is 17.3. The van der Waals surface area contributed by atoms with Crippen molar-refractivity contribution in [2.45, 2.75) is 438 Å². The van der Waals surface area contributed by atoms with Crippen molar-refractivity contribution in [1.82, 2.24) is 0 Å². The number of rotatable bonds is 70.